The molecule has 2 nitrogen and oxygen atoms in total. The summed E-state index contributed by atoms with van der Waals surface area (Å²) in [7, 11) is 0. The Balaban J connectivity index is 2.14. The molecule has 1 aromatic rings. The molecule has 1 unspecified atom stereocenters. The lowest BCUT2D eigenvalue weighted by atomic mass is 9.89. The lowest BCUT2D eigenvalue weighted by Gasteiger charge is -2.42. The van der Waals surface area contributed by atoms with Gasteiger partial charge in [-0.2, -0.15) is 0 Å². The van der Waals surface area contributed by atoms with Crippen LogP contribution in [0.25, 0.3) is 0 Å². The molecule has 0 aliphatic heterocycles. The smallest absolute Gasteiger partial charge is 0.0346 e. The third-order valence-electron chi connectivity index (χ3n) is 4.11. The zero-order valence-electron chi connectivity index (χ0n) is 12.6. The summed E-state index contributed by atoms with van der Waals surface area (Å²) in [5, 5.41) is 0. The molecule has 2 rings (SSSR count). The Bertz CT molecular complexity index is 384. The van der Waals surface area contributed by atoms with Crippen molar-refractivity contribution >= 4 is 0 Å². The predicted octanol–water partition coefficient (Wildman–Crippen LogP) is 3.07. The van der Waals surface area contributed by atoms with E-state index in [2.05, 4.69) is 56.0 Å². The van der Waals surface area contributed by atoms with Crippen molar-refractivity contribution in [3.8, 4) is 0 Å². The standard InChI is InChI=1S/C17H28N2/c1-14(2)12-19(16-9-10-16)17(3,13-18)11-15-7-5-4-6-8-15/h4-8,14,16H,9-13,18H2,1-3H3. The predicted molar refractivity (Wildman–Crippen MR) is 82.2 cm³/mol. The number of nitrogens with zero attached hydrogens (tertiary/aromatic N) is 1. The summed E-state index contributed by atoms with van der Waals surface area (Å²) < 4.78 is 0. The van der Waals surface area contributed by atoms with E-state index < -0.39 is 0 Å². The Kier molecular flexibility index (Phi) is 4.64. The minimum absolute atomic E-state index is 0.0901. The maximum absolute atomic E-state index is 6.16. The highest BCUT2D eigenvalue weighted by atomic mass is 15.3. The molecule has 1 fully saturated rings. The van der Waals surface area contributed by atoms with Gasteiger partial charge in [0.15, 0.2) is 0 Å². The monoisotopic (exact) mass is 260 g/mol. The highest BCUT2D eigenvalue weighted by molar-refractivity contribution is 5.18. The minimum atomic E-state index is 0.0901. The summed E-state index contributed by atoms with van der Waals surface area (Å²) in [6.07, 6.45) is 3.74. The molecule has 0 aromatic heterocycles. The number of nitrogens with two attached hydrogens (primary N) is 1. The average molecular weight is 260 g/mol. The van der Waals surface area contributed by atoms with Crippen molar-refractivity contribution in [1.82, 2.24) is 4.90 Å². The third kappa shape index (κ3) is 3.80. The maximum atomic E-state index is 6.16. The van der Waals surface area contributed by atoms with Gasteiger partial charge in [0.05, 0.1) is 0 Å². The summed E-state index contributed by atoms with van der Waals surface area (Å²) in [5.74, 6) is 0.697. The van der Waals surface area contributed by atoms with E-state index in [4.69, 9.17) is 5.73 Å². The van der Waals surface area contributed by atoms with Crippen molar-refractivity contribution in [3.63, 3.8) is 0 Å². The van der Waals surface area contributed by atoms with E-state index in [-0.39, 0.29) is 5.54 Å². The molecular weight excluding hydrogens is 232 g/mol. The zero-order chi connectivity index (χ0) is 13.9. The van der Waals surface area contributed by atoms with E-state index in [0.29, 0.717) is 5.92 Å². The van der Waals surface area contributed by atoms with E-state index in [9.17, 15) is 0 Å². The van der Waals surface area contributed by atoms with Gasteiger partial charge in [-0.25, -0.2) is 0 Å². The highest BCUT2D eigenvalue weighted by Gasteiger charge is 2.40. The first kappa shape index (κ1) is 14.5. The molecule has 0 bridgehead atoms. The van der Waals surface area contributed by atoms with Crippen LogP contribution >= 0.6 is 0 Å². The molecule has 0 heterocycles. The molecule has 1 saturated carbocycles. The molecular formula is C17H28N2. The first-order valence-electron chi connectivity index (χ1n) is 7.56. The number of hydrogen-bond donors (Lipinski definition) is 1. The molecule has 106 valence electrons. The lowest BCUT2D eigenvalue weighted by Crippen LogP contribution is -2.55. The second kappa shape index (κ2) is 6.06. The van der Waals surface area contributed by atoms with Crippen LogP contribution in [0.15, 0.2) is 30.3 Å². The maximum Gasteiger partial charge on any atom is 0.0346 e. The van der Waals surface area contributed by atoms with Crippen LogP contribution in [0.4, 0.5) is 0 Å². The number of hydrogen-bond acceptors (Lipinski definition) is 2. The summed E-state index contributed by atoms with van der Waals surface area (Å²) >= 11 is 0. The van der Waals surface area contributed by atoms with Gasteiger partial charge in [-0.15, -0.1) is 0 Å². The van der Waals surface area contributed by atoms with E-state index in [1.54, 1.807) is 0 Å². The summed E-state index contributed by atoms with van der Waals surface area (Å²) in [5.41, 5.74) is 7.64. The lowest BCUT2D eigenvalue weighted by molar-refractivity contribution is 0.0863. The normalized spacial score (nSPS) is 18.8. The fraction of sp³-hybridized carbons (Fsp3) is 0.647. The van der Waals surface area contributed by atoms with Gasteiger partial charge in [-0.05, 0) is 37.7 Å². The van der Waals surface area contributed by atoms with Crippen molar-refractivity contribution in [1.29, 1.82) is 0 Å². The average Bonchev–Trinajstić information content (AvgIpc) is 3.21. The topological polar surface area (TPSA) is 29.3 Å². The molecule has 1 aliphatic carbocycles. The van der Waals surface area contributed by atoms with E-state index in [1.165, 1.54) is 18.4 Å². The Labute approximate surface area is 118 Å². The second-order valence-electron chi connectivity index (χ2n) is 6.64. The largest absolute Gasteiger partial charge is 0.329 e. The van der Waals surface area contributed by atoms with Crippen LogP contribution in [-0.2, 0) is 6.42 Å². The van der Waals surface area contributed by atoms with Gasteiger partial charge in [0.25, 0.3) is 0 Å². The van der Waals surface area contributed by atoms with Crippen molar-refractivity contribution in [2.24, 2.45) is 11.7 Å². The SMILES string of the molecule is CC(C)CN(C1CC1)C(C)(CN)Cc1ccccc1. The van der Waals surface area contributed by atoms with Gasteiger partial charge in [-0.1, -0.05) is 44.2 Å². The quantitative estimate of drug-likeness (QED) is 0.816. The zero-order valence-corrected chi connectivity index (χ0v) is 12.6. The third-order valence-corrected chi connectivity index (χ3v) is 4.11. The van der Waals surface area contributed by atoms with Gasteiger partial charge in [-0.3, -0.25) is 4.90 Å². The first-order valence-corrected chi connectivity index (χ1v) is 7.56. The summed E-state index contributed by atoms with van der Waals surface area (Å²) in [6, 6.07) is 11.5. The minimum Gasteiger partial charge on any atom is -0.329 e. The van der Waals surface area contributed by atoms with E-state index in [0.717, 1.165) is 25.6 Å². The number of benzene rings is 1. The van der Waals surface area contributed by atoms with Crippen LogP contribution in [0.1, 0.15) is 39.2 Å². The fourth-order valence-corrected chi connectivity index (χ4v) is 2.92. The Morgan fingerprint density at radius 3 is 2.37 bits per heavy atom. The molecule has 19 heavy (non-hydrogen) atoms. The van der Waals surface area contributed by atoms with Crippen LogP contribution in [-0.4, -0.2) is 29.6 Å². The summed E-state index contributed by atoms with van der Waals surface area (Å²) in [6.45, 7) is 8.82. The van der Waals surface area contributed by atoms with Crippen LogP contribution in [0.3, 0.4) is 0 Å². The fourth-order valence-electron chi connectivity index (χ4n) is 2.92. The Morgan fingerprint density at radius 1 is 1.26 bits per heavy atom. The van der Waals surface area contributed by atoms with E-state index >= 15 is 0 Å². The molecule has 0 amide bonds. The van der Waals surface area contributed by atoms with Gasteiger partial charge >= 0.3 is 0 Å². The first-order chi connectivity index (χ1) is 9.05. The van der Waals surface area contributed by atoms with Gasteiger partial charge in [0.1, 0.15) is 0 Å². The van der Waals surface area contributed by atoms with Crippen molar-refractivity contribution in [3.05, 3.63) is 35.9 Å². The molecule has 1 aliphatic rings. The Morgan fingerprint density at radius 2 is 1.89 bits per heavy atom. The van der Waals surface area contributed by atoms with Gasteiger partial charge in [0.2, 0.25) is 0 Å². The van der Waals surface area contributed by atoms with Crippen LogP contribution in [0.2, 0.25) is 0 Å². The molecule has 1 aromatic carbocycles. The molecule has 0 spiro atoms. The number of rotatable bonds is 7. The second-order valence-corrected chi connectivity index (χ2v) is 6.64. The van der Waals surface area contributed by atoms with Gasteiger partial charge < -0.3 is 5.73 Å². The van der Waals surface area contributed by atoms with Crippen LogP contribution < -0.4 is 5.73 Å². The molecule has 2 N–H and O–H groups in total. The van der Waals surface area contributed by atoms with Crippen molar-refractivity contribution in [2.75, 3.05) is 13.1 Å². The van der Waals surface area contributed by atoms with Gasteiger partial charge in [0, 0.05) is 24.7 Å². The molecule has 1 atom stereocenters. The van der Waals surface area contributed by atoms with Crippen LogP contribution in [0, 0.1) is 5.92 Å². The molecule has 2 heteroatoms. The van der Waals surface area contributed by atoms with Crippen molar-refractivity contribution in [2.45, 2.75) is 51.6 Å². The Hall–Kier alpha value is -0.860. The molecule has 0 saturated heterocycles. The van der Waals surface area contributed by atoms with Crippen LogP contribution in [0.5, 0.6) is 0 Å². The highest BCUT2D eigenvalue weighted by Crippen LogP contribution is 2.35. The summed E-state index contributed by atoms with van der Waals surface area (Å²) in [4.78, 5) is 2.67. The van der Waals surface area contributed by atoms with E-state index in [1.807, 2.05) is 0 Å². The van der Waals surface area contributed by atoms with Crippen molar-refractivity contribution < 1.29 is 0 Å². The molecule has 0 radical (unpaired) electrons.